The summed E-state index contributed by atoms with van der Waals surface area (Å²) in [6, 6.07) is 20.7. The lowest BCUT2D eigenvalue weighted by Crippen LogP contribution is -2.22. The predicted molar refractivity (Wildman–Crippen MR) is 103 cm³/mol. The van der Waals surface area contributed by atoms with Gasteiger partial charge in [0.1, 0.15) is 5.75 Å². The molecule has 2 aromatic carbocycles. The van der Waals surface area contributed by atoms with Gasteiger partial charge in [0.05, 0.1) is 19.8 Å². The Bertz CT molecular complexity index is 767. The molecular formula is C22H24N2O2. The Hall–Kier alpha value is -2.69. The molecule has 1 atom stereocenters. The second-order valence-electron chi connectivity index (χ2n) is 6.08. The highest BCUT2D eigenvalue weighted by Gasteiger charge is 2.14. The average Bonchev–Trinajstić information content (AvgIpc) is 2.70. The van der Waals surface area contributed by atoms with Crippen LogP contribution in [0.2, 0.25) is 0 Å². The molecule has 0 aliphatic rings. The van der Waals surface area contributed by atoms with Crippen molar-refractivity contribution in [3.63, 3.8) is 0 Å². The van der Waals surface area contributed by atoms with Crippen molar-refractivity contribution in [1.82, 2.24) is 10.3 Å². The number of aromatic nitrogens is 1. The van der Waals surface area contributed by atoms with E-state index >= 15 is 0 Å². The number of nitrogens with zero attached hydrogens (tertiary/aromatic N) is 1. The van der Waals surface area contributed by atoms with Crippen LogP contribution in [0, 0.1) is 0 Å². The van der Waals surface area contributed by atoms with Gasteiger partial charge in [0.25, 0.3) is 0 Å². The fraction of sp³-hybridized carbons (Fsp3) is 0.227. The SMILES string of the molecule is COCc1ccc(OC)c(CNC(c2ccccc2)c2ccncc2)c1. The Morgan fingerprint density at radius 1 is 0.923 bits per heavy atom. The summed E-state index contributed by atoms with van der Waals surface area (Å²) in [5.74, 6) is 0.874. The molecule has 0 amide bonds. The number of hydrogen-bond acceptors (Lipinski definition) is 4. The highest BCUT2D eigenvalue weighted by molar-refractivity contribution is 5.38. The molecule has 0 saturated carbocycles. The summed E-state index contributed by atoms with van der Waals surface area (Å²) in [5, 5.41) is 3.66. The third-order valence-corrected chi connectivity index (χ3v) is 4.32. The van der Waals surface area contributed by atoms with Crippen LogP contribution in [0.4, 0.5) is 0 Å². The molecule has 0 bridgehead atoms. The Balaban J connectivity index is 1.85. The van der Waals surface area contributed by atoms with Gasteiger partial charge in [-0.15, -0.1) is 0 Å². The van der Waals surface area contributed by atoms with Gasteiger partial charge in [-0.2, -0.15) is 0 Å². The van der Waals surface area contributed by atoms with E-state index in [9.17, 15) is 0 Å². The van der Waals surface area contributed by atoms with Crippen LogP contribution in [0.3, 0.4) is 0 Å². The van der Waals surface area contributed by atoms with Gasteiger partial charge >= 0.3 is 0 Å². The highest BCUT2D eigenvalue weighted by atomic mass is 16.5. The molecule has 1 unspecified atom stereocenters. The van der Waals surface area contributed by atoms with Crippen LogP contribution in [0.5, 0.6) is 5.75 Å². The van der Waals surface area contributed by atoms with E-state index in [0.717, 1.165) is 16.9 Å². The molecule has 1 N–H and O–H groups in total. The first kappa shape index (κ1) is 18.1. The fourth-order valence-electron chi connectivity index (χ4n) is 3.07. The molecule has 1 heterocycles. The maximum Gasteiger partial charge on any atom is 0.123 e. The van der Waals surface area contributed by atoms with Crippen molar-refractivity contribution in [1.29, 1.82) is 0 Å². The van der Waals surface area contributed by atoms with Crippen molar-refractivity contribution in [3.05, 3.63) is 95.3 Å². The predicted octanol–water partition coefficient (Wildman–Crippen LogP) is 4.12. The molecule has 0 aliphatic carbocycles. The lowest BCUT2D eigenvalue weighted by atomic mass is 9.99. The lowest BCUT2D eigenvalue weighted by Gasteiger charge is -2.21. The number of benzene rings is 2. The van der Waals surface area contributed by atoms with Gasteiger partial charge in [-0.25, -0.2) is 0 Å². The number of nitrogens with one attached hydrogen (secondary N) is 1. The van der Waals surface area contributed by atoms with Crippen molar-refractivity contribution in [2.45, 2.75) is 19.2 Å². The van der Waals surface area contributed by atoms with E-state index < -0.39 is 0 Å². The largest absolute Gasteiger partial charge is 0.496 e. The summed E-state index contributed by atoms with van der Waals surface area (Å²) in [6.45, 7) is 1.27. The zero-order valence-corrected chi connectivity index (χ0v) is 15.2. The Labute approximate surface area is 154 Å². The summed E-state index contributed by atoms with van der Waals surface area (Å²) in [4.78, 5) is 4.14. The number of pyridine rings is 1. The van der Waals surface area contributed by atoms with Crippen LogP contribution in [-0.2, 0) is 17.9 Å². The quantitative estimate of drug-likeness (QED) is 0.665. The van der Waals surface area contributed by atoms with Crippen molar-refractivity contribution in [2.75, 3.05) is 14.2 Å². The van der Waals surface area contributed by atoms with Crippen LogP contribution < -0.4 is 10.1 Å². The van der Waals surface area contributed by atoms with Crippen molar-refractivity contribution in [2.24, 2.45) is 0 Å². The maximum atomic E-state index is 5.53. The lowest BCUT2D eigenvalue weighted by molar-refractivity contribution is 0.184. The highest BCUT2D eigenvalue weighted by Crippen LogP contribution is 2.25. The minimum Gasteiger partial charge on any atom is -0.496 e. The Kier molecular flexibility index (Phi) is 6.36. The van der Waals surface area contributed by atoms with Gasteiger partial charge in [0.15, 0.2) is 0 Å². The van der Waals surface area contributed by atoms with Gasteiger partial charge in [-0.1, -0.05) is 36.4 Å². The molecule has 134 valence electrons. The summed E-state index contributed by atoms with van der Waals surface area (Å²) < 4.78 is 10.8. The van der Waals surface area contributed by atoms with Gasteiger partial charge < -0.3 is 14.8 Å². The van der Waals surface area contributed by atoms with E-state index in [1.807, 2.05) is 42.7 Å². The number of rotatable bonds is 8. The van der Waals surface area contributed by atoms with Crippen LogP contribution in [0.25, 0.3) is 0 Å². The first-order chi connectivity index (χ1) is 12.8. The van der Waals surface area contributed by atoms with E-state index in [1.54, 1.807) is 14.2 Å². The summed E-state index contributed by atoms with van der Waals surface area (Å²) in [7, 11) is 3.41. The van der Waals surface area contributed by atoms with Gasteiger partial charge in [0, 0.05) is 31.6 Å². The molecule has 0 saturated heterocycles. The monoisotopic (exact) mass is 348 g/mol. The molecule has 3 aromatic rings. The van der Waals surface area contributed by atoms with Gasteiger partial charge in [-0.3, -0.25) is 4.98 Å². The van der Waals surface area contributed by atoms with Crippen LogP contribution in [0.1, 0.15) is 28.3 Å². The fourth-order valence-corrected chi connectivity index (χ4v) is 3.07. The topological polar surface area (TPSA) is 43.4 Å². The Morgan fingerprint density at radius 2 is 1.65 bits per heavy atom. The minimum atomic E-state index is 0.0787. The third kappa shape index (κ3) is 4.48. The molecule has 0 aliphatic heterocycles. The smallest absolute Gasteiger partial charge is 0.123 e. The van der Waals surface area contributed by atoms with Gasteiger partial charge in [-0.05, 0) is 41.0 Å². The van der Waals surface area contributed by atoms with E-state index in [0.29, 0.717) is 13.2 Å². The summed E-state index contributed by atoms with van der Waals surface area (Å²) in [5.41, 5.74) is 4.63. The first-order valence-electron chi connectivity index (χ1n) is 8.65. The van der Waals surface area contributed by atoms with E-state index in [1.165, 1.54) is 11.1 Å². The van der Waals surface area contributed by atoms with Crippen LogP contribution in [-0.4, -0.2) is 19.2 Å². The van der Waals surface area contributed by atoms with E-state index in [4.69, 9.17) is 9.47 Å². The Morgan fingerprint density at radius 3 is 2.35 bits per heavy atom. The zero-order valence-electron chi connectivity index (χ0n) is 15.2. The summed E-state index contributed by atoms with van der Waals surface area (Å²) >= 11 is 0. The molecule has 0 radical (unpaired) electrons. The zero-order chi connectivity index (χ0) is 18.2. The van der Waals surface area contributed by atoms with E-state index in [2.05, 4.69) is 40.6 Å². The molecule has 0 spiro atoms. The molecule has 1 aromatic heterocycles. The third-order valence-electron chi connectivity index (χ3n) is 4.32. The normalized spacial score (nSPS) is 11.9. The van der Waals surface area contributed by atoms with Crippen molar-refractivity contribution >= 4 is 0 Å². The molecule has 26 heavy (non-hydrogen) atoms. The molecular weight excluding hydrogens is 324 g/mol. The second kappa shape index (κ2) is 9.13. The van der Waals surface area contributed by atoms with Crippen LogP contribution >= 0.6 is 0 Å². The maximum absolute atomic E-state index is 5.53. The number of ether oxygens (including phenoxy) is 2. The number of hydrogen-bond donors (Lipinski definition) is 1. The number of methoxy groups -OCH3 is 2. The summed E-state index contributed by atoms with van der Waals surface area (Å²) in [6.07, 6.45) is 3.65. The molecule has 4 nitrogen and oxygen atoms in total. The second-order valence-corrected chi connectivity index (χ2v) is 6.08. The van der Waals surface area contributed by atoms with E-state index in [-0.39, 0.29) is 6.04 Å². The first-order valence-corrected chi connectivity index (χ1v) is 8.65. The van der Waals surface area contributed by atoms with Crippen molar-refractivity contribution < 1.29 is 9.47 Å². The van der Waals surface area contributed by atoms with Crippen LogP contribution in [0.15, 0.2) is 73.1 Å². The minimum absolute atomic E-state index is 0.0787. The standard InChI is InChI=1S/C22H24N2O2/c1-25-16-17-8-9-21(26-2)20(14-17)15-24-22(18-6-4-3-5-7-18)19-10-12-23-13-11-19/h3-14,22,24H,15-16H2,1-2H3. The van der Waals surface area contributed by atoms with Crippen molar-refractivity contribution in [3.8, 4) is 5.75 Å². The molecule has 3 rings (SSSR count). The molecule has 0 fully saturated rings. The molecule has 4 heteroatoms. The average molecular weight is 348 g/mol. The van der Waals surface area contributed by atoms with Gasteiger partial charge in [0.2, 0.25) is 0 Å².